The van der Waals surface area contributed by atoms with E-state index in [-0.39, 0.29) is 0 Å². The second-order valence-electron chi connectivity index (χ2n) is 12.9. The van der Waals surface area contributed by atoms with Crippen molar-refractivity contribution in [1.29, 1.82) is 0 Å². The lowest BCUT2D eigenvalue weighted by Crippen LogP contribution is -2.49. The highest BCUT2D eigenvalue weighted by Gasteiger charge is 2.38. The van der Waals surface area contributed by atoms with Gasteiger partial charge in [-0.1, -0.05) is 159 Å². The van der Waals surface area contributed by atoms with Gasteiger partial charge in [0, 0.05) is 16.7 Å². The van der Waals surface area contributed by atoms with Crippen LogP contribution in [0, 0.1) is 0 Å². The van der Waals surface area contributed by atoms with E-state index in [9.17, 15) is 0 Å². The van der Waals surface area contributed by atoms with Crippen molar-refractivity contribution in [2.45, 2.75) is 13.1 Å². The summed E-state index contributed by atoms with van der Waals surface area (Å²) in [6, 6.07) is 54.0. The van der Waals surface area contributed by atoms with Crippen LogP contribution in [0.5, 0.6) is 0 Å². The van der Waals surface area contributed by atoms with Gasteiger partial charge in [-0.25, -0.2) is 15.0 Å². The third-order valence-corrected chi connectivity index (χ3v) is 13.3. The summed E-state index contributed by atoms with van der Waals surface area (Å²) in [5.74, 6) is 2.02. The Labute approximate surface area is 275 Å². The normalized spacial score (nSPS) is 13.1. The van der Waals surface area contributed by atoms with Gasteiger partial charge < -0.3 is 0 Å². The Morgan fingerprint density at radius 3 is 1.66 bits per heavy atom. The first-order valence-electron chi connectivity index (χ1n) is 16.1. The van der Waals surface area contributed by atoms with Crippen molar-refractivity contribution < 1.29 is 0 Å². The van der Waals surface area contributed by atoms with Crippen molar-refractivity contribution in [2.24, 2.45) is 0 Å². The maximum atomic E-state index is 5.12. The smallest absolute Gasteiger partial charge is 0.164 e. The summed E-state index contributed by atoms with van der Waals surface area (Å²) in [4.78, 5) is 15.2. The van der Waals surface area contributed by atoms with Gasteiger partial charge in [-0.2, -0.15) is 0 Å². The van der Waals surface area contributed by atoms with Crippen LogP contribution in [0.3, 0.4) is 0 Å². The van der Waals surface area contributed by atoms with Gasteiger partial charge in [-0.05, 0) is 60.2 Å². The van der Waals surface area contributed by atoms with E-state index in [1.165, 1.54) is 54.2 Å². The van der Waals surface area contributed by atoms with Crippen LogP contribution in [0.4, 0.5) is 0 Å². The van der Waals surface area contributed by atoms with Gasteiger partial charge >= 0.3 is 0 Å². The number of hydrogen-bond donors (Lipinski definition) is 0. The zero-order valence-corrected chi connectivity index (χ0v) is 27.3. The molecule has 0 N–H and O–H groups in total. The molecule has 8 aromatic rings. The molecule has 9 rings (SSSR count). The molecular formula is C43H31N3Si. The molecule has 1 aliphatic heterocycles. The van der Waals surface area contributed by atoms with Crippen LogP contribution in [0.25, 0.3) is 78.0 Å². The SMILES string of the molecule is C[Si]1(C)c2ccc(-c3nc(-c4ccccc4)nc(-c4ccc(-c5cccc6ccccc56)cc4)n3)cc2-c2c1ccc1ccccc21. The van der Waals surface area contributed by atoms with Crippen LogP contribution in [0.1, 0.15) is 0 Å². The highest BCUT2D eigenvalue weighted by molar-refractivity contribution is 7.04. The highest BCUT2D eigenvalue weighted by Crippen LogP contribution is 2.37. The third-order valence-electron chi connectivity index (χ3n) is 9.73. The topological polar surface area (TPSA) is 38.7 Å². The van der Waals surface area contributed by atoms with E-state index in [0.29, 0.717) is 17.5 Å². The molecule has 0 saturated carbocycles. The number of fused-ring (bicyclic) bond motifs is 6. The standard InChI is InChI=1S/C43H31N3Si/c1-47(2)38-25-24-33(27-37(38)40-36-17-9-7-12-29(36)23-26-39(40)47)43-45-41(31-13-4-3-5-14-31)44-42(46-43)32-21-19-30(20-22-32)35-18-10-15-28-11-6-8-16-34(28)35/h3-27H,1-2H3. The third kappa shape index (κ3) is 4.52. The minimum absolute atomic E-state index is 0.666. The first-order chi connectivity index (χ1) is 23.0. The maximum Gasteiger partial charge on any atom is 0.164 e. The lowest BCUT2D eigenvalue weighted by atomic mass is 9.97. The van der Waals surface area contributed by atoms with E-state index >= 15 is 0 Å². The lowest BCUT2D eigenvalue weighted by molar-refractivity contribution is 1.07. The molecule has 0 bridgehead atoms. The van der Waals surface area contributed by atoms with E-state index in [1.54, 1.807) is 0 Å². The summed E-state index contributed by atoms with van der Waals surface area (Å²) < 4.78 is 0. The van der Waals surface area contributed by atoms with Crippen molar-refractivity contribution in [3.05, 3.63) is 152 Å². The van der Waals surface area contributed by atoms with Crippen molar-refractivity contribution in [1.82, 2.24) is 15.0 Å². The molecule has 0 amide bonds. The van der Waals surface area contributed by atoms with Crippen LogP contribution in [-0.4, -0.2) is 23.0 Å². The van der Waals surface area contributed by atoms with E-state index in [2.05, 4.69) is 147 Å². The van der Waals surface area contributed by atoms with E-state index in [0.717, 1.165) is 16.7 Å². The Bertz CT molecular complexity index is 2480. The summed E-state index contributed by atoms with van der Waals surface area (Å²) in [6.45, 7) is 4.92. The molecule has 0 unspecified atom stereocenters. The Morgan fingerprint density at radius 2 is 0.915 bits per heavy atom. The van der Waals surface area contributed by atoms with E-state index < -0.39 is 8.07 Å². The predicted molar refractivity (Wildman–Crippen MR) is 199 cm³/mol. The summed E-state index contributed by atoms with van der Waals surface area (Å²) >= 11 is 0. The fourth-order valence-electron chi connectivity index (χ4n) is 7.29. The number of rotatable bonds is 4. The average Bonchev–Trinajstić information content (AvgIpc) is 3.37. The van der Waals surface area contributed by atoms with Gasteiger partial charge in [0.1, 0.15) is 8.07 Å². The minimum Gasteiger partial charge on any atom is -0.208 e. The Kier molecular flexibility index (Phi) is 6.27. The second kappa shape index (κ2) is 10.7. The van der Waals surface area contributed by atoms with Gasteiger partial charge in [0.15, 0.2) is 17.5 Å². The number of aromatic nitrogens is 3. The molecule has 0 saturated heterocycles. The van der Waals surface area contributed by atoms with E-state index in [4.69, 9.17) is 15.0 Å². The first-order valence-corrected chi connectivity index (χ1v) is 19.1. The van der Waals surface area contributed by atoms with Gasteiger partial charge in [0.05, 0.1) is 0 Å². The Hall–Kier alpha value is -5.71. The molecule has 1 aromatic heterocycles. The van der Waals surface area contributed by atoms with Gasteiger partial charge in [0.25, 0.3) is 0 Å². The molecule has 222 valence electrons. The van der Waals surface area contributed by atoms with Crippen molar-refractivity contribution in [2.75, 3.05) is 0 Å². The van der Waals surface area contributed by atoms with Crippen LogP contribution in [0.15, 0.2) is 152 Å². The largest absolute Gasteiger partial charge is 0.208 e. The molecule has 0 fully saturated rings. The van der Waals surface area contributed by atoms with E-state index in [1.807, 2.05) is 18.2 Å². The van der Waals surface area contributed by atoms with Gasteiger partial charge in [-0.3, -0.25) is 0 Å². The quantitative estimate of drug-likeness (QED) is 0.185. The average molecular weight is 618 g/mol. The fraction of sp³-hybridized carbons (Fsp3) is 0.0465. The lowest BCUT2D eigenvalue weighted by Gasteiger charge is -2.19. The zero-order chi connectivity index (χ0) is 31.5. The van der Waals surface area contributed by atoms with Crippen molar-refractivity contribution in [3.63, 3.8) is 0 Å². The molecule has 47 heavy (non-hydrogen) atoms. The van der Waals surface area contributed by atoms with Crippen LogP contribution >= 0.6 is 0 Å². The molecular weight excluding hydrogens is 587 g/mol. The Morgan fingerprint density at radius 1 is 0.383 bits per heavy atom. The molecule has 0 aliphatic carbocycles. The maximum absolute atomic E-state index is 5.12. The van der Waals surface area contributed by atoms with Crippen LogP contribution in [-0.2, 0) is 0 Å². The molecule has 7 aromatic carbocycles. The first kappa shape index (κ1) is 27.6. The van der Waals surface area contributed by atoms with Crippen molar-refractivity contribution in [3.8, 4) is 56.4 Å². The molecule has 0 atom stereocenters. The van der Waals surface area contributed by atoms with Gasteiger partial charge in [0.2, 0.25) is 0 Å². The predicted octanol–water partition coefficient (Wildman–Crippen LogP) is 9.65. The zero-order valence-electron chi connectivity index (χ0n) is 26.3. The van der Waals surface area contributed by atoms with Gasteiger partial charge in [-0.15, -0.1) is 0 Å². The highest BCUT2D eigenvalue weighted by atomic mass is 28.3. The molecule has 2 heterocycles. The summed E-state index contributed by atoms with van der Waals surface area (Å²) in [6.07, 6.45) is 0. The summed E-state index contributed by atoms with van der Waals surface area (Å²) in [5.41, 5.74) is 8.00. The van der Waals surface area contributed by atoms with Crippen LogP contribution in [0.2, 0.25) is 13.1 Å². The molecule has 0 radical (unpaired) electrons. The minimum atomic E-state index is -1.85. The molecule has 3 nitrogen and oxygen atoms in total. The Balaban J connectivity index is 1.19. The summed E-state index contributed by atoms with van der Waals surface area (Å²) in [7, 11) is -1.85. The monoisotopic (exact) mass is 617 g/mol. The van der Waals surface area contributed by atoms with Crippen LogP contribution < -0.4 is 10.4 Å². The second-order valence-corrected chi connectivity index (χ2v) is 17.2. The molecule has 4 heteroatoms. The van der Waals surface area contributed by atoms with Crippen molar-refractivity contribution >= 4 is 40.0 Å². The fourth-order valence-corrected chi connectivity index (χ4v) is 10.3. The molecule has 1 aliphatic rings. The number of benzene rings is 7. The summed E-state index contributed by atoms with van der Waals surface area (Å²) in [5, 5.41) is 8.03. The number of hydrogen-bond acceptors (Lipinski definition) is 3. The number of nitrogens with zero attached hydrogens (tertiary/aromatic N) is 3. The molecule has 0 spiro atoms.